The average Bonchev–Trinajstić information content (AvgIpc) is 3.23. The van der Waals surface area contributed by atoms with E-state index in [1.807, 2.05) is 10.6 Å². The van der Waals surface area contributed by atoms with Crippen LogP contribution in [0.4, 0.5) is 0 Å². The summed E-state index contributed by atoms with van der Waals surface area (Å²) < 4.78 is 7.09. The molecule has 3 aromatic rings. The topological polar surface area (TPSA) is 63.1 Å². The van der Waals surface area contributed by atoms with E-state index in [9.17, 15) is 4.79 Å². The van der Waals surface area contributed by atoms with Crippen molar-refractivity contribution < 1.29 is 9.53 Å². The Balaban J connectivity index is 0.00000131. The first kappa shape index (κ1) is 21.9. The number of halogens is 4. The van der Waals surface area contributed by atoms with Gasteiger partial charge < -0.3 is 14.2 Å². The minimum atomic E-state index is -0.0390. The second-order valence-electron chi connectivity index (χ2n) is 5.90. The molecule has 0 saturated carbocycles. The van der Waals surface area contributed by atoms with Gasteiger partial charge in [-0.2, -0.15) is 5.10 Å². The molecule has 6 nitrogen and oxygen atoms in total. The monoisotopic (exact) mass is 450 g/mol. The van der Waals surface area contributed by atoms with Gasteiger partial charge in [0.2, 0.25) is 0 Å². The number of fused-ring (bicyclic) bond motifs is 3. The highest BCUT2D eigenvalue weighted by molar-refractivity contribution is 6.45. The lowest BCUT2D eigenvalue weighted by molar-refractivity contribution is 0.0644. The molecule has 1 aliphatic rings. The lowest BCUT2D eigenvalue weighted by atomic mass is 10.0. The van der Waals surface area contributed by atoms with Crippen molar-refractivity contribution in [3.8, 4) is 11.1 Å². The number of amides is 1. The van der Waals surface area contributed by atoms with Crippen molar-refractivity contribution in [2.45, 2.75) is 6.54 Å². The summed E-state index contributed by atoms with van der Waals surface area (Å²) in [6, 6.07) is 3.67. The maximum atomic E-state index is 13.1. The summed E-state index contributed by atoms with van der Waals surface area (Å²) in [7, 11) is 1.63. The van der Waals surface area contributed by atoms with E-state index < -0.39 is 0 Å². The molecule has 1 amide bonds. The van der Waals surface area contributed by atoms with Gasteiger partial charge in [0, 0.05) is 49.5 Å². The van der Waals surface area contributed by atoms with E-state index in [-0.39, 0.29) is 30.7 Å². The van der Waals surface area contributed by atoms with Gasteiger partial charge in [0.15, 0.2) is 0 Å². The standard InChI is InChI=1S/C17H16Cl2N4O2.2ClH/c1-25-7-6-22-4-5-23-15-11(2-3-12(18)14(15)19)13(16(23)17(22)24)10-8-20-21-9-10;;/h2-3,8-9H,4-7H2,1H3,(H,20,21);2*1H. The molecule has 0 fully saturated rings. The average molecular weight is 452 g/mol. The van der Waals surface area contributed by atoms with E-state index in [1.54, 1.807) is 30.5 Å². The van der Waals surface area contributed by atoms with Gasteiger partial charge >= 0.3 is 0 Å². The molecule has 0 bridgehead atoms. The van der Waals surface area contributed by atoms with Gasteiger partial charge in [-0.1, -0.05) is 29.3 Å². The van der Waals surface area contributed by atoms with Crippen LogP contribution in [0.2, 0.25) is 10.0 Å². The number of nitrogens with zero attached hydrogens (tertiary/aromatic N) is 3. The molecule has 0 radical (unpaired) electrons. The number of aromatic amines is 1. The number of aromatic nitrogens is 3. The molecule has 146 valence electrons. The van der Waals surface area contributed by atoms with Crippen LogP contribution in [0.3, 0.4) is 0 Å². The van der Waals surface area contributed by atoms with Gasteiger partial charge in [0.25, 0.3) is 5.91 Å². The number of hydrogen-bond acceptors (Lipinski definition) is 3. The predicted molar refractivity (Wildman–Crippen MR) is 112 cm³/mol. The summed E-state index contributed by atoms with van der Waals surface area (Å²) in [5.74, 6) is -0.0390. The van der Waals surface area contributed by atoms with Gasteiger partial charge in [-0.25, -0.2) is 0 Å². The molecular weight excluding hydrogens is 434 g/mol. The zero-order valence-electron chi connectivity index (χ0n) is 14.4. The zero-order chi connectivity index (χ0) is 17.6. The Labute approximate surface area is 178 Å². The van der Waals surface area contributed by atoms with E-state index >= 15 is 0 Å². The normalized spacial score (nSPS) is 13.3. The van der Waals surface area contributed by atoms with Gasteiger partial charge in [0.1, 0.15) is 5.69 Å². The van der Waals surface area contributed by atoms with Crippen LogP contribution in [0.5, 0.6) is 0 Å². The van der Waals surface area contributed by atoms with Crippen LogP contribution in [0.1, 0.15) is 10.5 Å². The lowest BCUT2D eigenvalue weighted by Gasteiger charge is -2.29. The first-order valence-electron chi connectivity index (χ1n) is 7.91. The summed E-state index contributed by atoms with van der Waals surface area (Å²) in [4.78, 5) is 14.9. The second kappa shape index (κ2) is 8.71. The highest BCUT2D eigenvalue weighted by Crippen LogP contribution is 2.41. The van der Waals surface area contributed by atoms with Crippen LogP contribution in [-0.4, -0.2) is 52.4 Å². The third-order valence-electron chi connectivity index (χ3n) is 4.55. The number of carbonyl (C=O) groups is 1. The number of H-pyrrole nitrogens is 1. The highest BCUT2D eigenvalue weighted by atomic mass is 35.5. The molecule has 0 saturated heterocycles. The second-order valence-corrected chi connectivity index (χ2v) is 6.69. The molecular formula is C17H18Cl4N4O2. The molecule has 4 rings (SSSR count). The fourth-order valence-electron chi connectivity index (χ4n) is 3.39. The van der Waals surface area contributed by atoms with E-state index in [0.29, 0.717) is 42.0 Å². The Bertz CT molecular complexity index is 956. The third kappa shape index (κ3) is 3.52. The predicted octanol–water partition coefficient (Wildman–Crippen LogP) is 4.28. The van der Waals surface area contributed by atoms with Crippen molar-refractivity contribution in [2.75, 3.05) is 26.8 Å². The van der Waals surface area contributed by atoms with E-state index in [2.05, 4.69) is 10.2 Å². The highest BCUT2D eigenvalue weighted by Gasteiger charge is 2.32. The maximum absolute atomic E-state index is 13.1. The summed E-state index contributed by atoms with van der Waals surface area (Å²) in [5, 5.41) is 8.68. The third-order valence-corrected chi connectivity index (χ3v) is 5.34. The summed E-state index contributed by atoms with van der Waals surface area (Å²) in [6.45, 7) is 2.31. The van der Waals surface area contributed by atoms with Crippen LogP contribution >= 0.6 is 48.0 Å². The summed E-state index contributed by atoms with van der Waals surface area (Å²) >= 11 is 12.7. The van der Waals surface area contributed by atoms with E-state index in [4.69, 9.17) is 27.9 Å². The van der Waals surface area contributed by atoms with Crippen LogP contribution in [0.25, 0.3) is 22.0 Å². The van der Waals surface area contributed by atoms with Crippen LogP contribution < -0.4 is 0 Å². The number of nitrogens with one attached hydrogen (secondary N) is 1. The van der Waals surface area contributed by atoms with Gasteiger partial charge in [-0.15, -0.1) is 24.8 Å². The van der Waals surface area contributed by atoms with Crippen molar-refractivity contribution in [1.29, 1.82) is 0 Å². The molecule has 0 aliphatic carbocycles. The minimum absolute atomic E-state index is 0. The Morgan fingerprint density at radius 1 is 1.26 bits per heavy atom. The largest absolute Gasteiger partial charge is 0.383 e. The number of benzene rings is 1. The number of carbonyl (C=O) groups excluding carboxylic acids is 1. The van der Waals surface area contributed by atoms with Crippen molar-refractivity contribution in [2.24, 2.45) is 0 Å². The molecule has 0 unspecified atom stereocenters. The van der Waals surface area contributed by atoms with Crippen LogP contribution in [0, 0.1) is 0 Å². The van der Waals surface area contributed by atoms with Crippen LogP contribution in [0.15, 0.2) is 24.5 Å². The van der Waals surface area contributed by atoms with Gasteiger partial charge in [-0.3, -0.25) is 9.89 Å². The molecule has 0 spiro atoms. The van der Waals surface area contributed by atoms with E-state index in [0.717, 1.165) is 22.0 Å². The molecule has 2 aromatic heterocycles. The molecule has 1 N–H and O–H groups in total. The van der Waals surface area contributed by atoms with Crippen molar-refractivity contribution >= 4 is 64.8 Å². The van der Waals surface area contributed by atoms with Crippen molar-refractivity contribution in [3.63, 3.8) is 0 Å². The number of hydrogen-bond donors (Lipinski definition) is 1. The molecule has 1 aromatic carbocycles. The molecule has 10 heteroatoms. The zero-order valence-corrected chi connectivity index (χ0v) is 17.5. The Morgan fingerprint density at radius 2 is 2.04 bits per heavy atom. The molecule has 3 heterocycles. The van der Waals surface area contributed by atoms with Crippen molar-refractivity contribution in [1.82, 2.24) is 19.7 Å². The Hall–Kier alpha value is -1.44. The Kier molecular flexibility index (Phi) is 7.05. The molecule has 27 heavy (non-hydrogen) atoms. The molecule has 0 atom stereocenters. The molecule has 1 aliphatic heterocycles. The quantitative estimate of drug-likeness (QED) is 0.643. The van der Waals surface area contributed by atoms with Crippen molar-refractivity contribution in [3.05, 3.63) is 40.3 Å². The fraction of sp³-hybridized carbons (Fsp3) is 0.294. The van der Waals surface area contributed by atoms with Crippen LogP contribution in [-0.2, 0) is 11.3 Å². The fourth-order valence-corrected chi connectivity index (χ4v) is 3.81. The number of ether oxygens (including phenoxy) is 1. The number of rotatable bonds is 4. The van der Waals surface area contributed by atoms with Gasteiger partial charge in [-0.05, 0) is 6.07 Å². The first-order chi connectivity index (χ1) is 12.1. The maximum Gasteiger partial charge on any atom is 0.271 e. The SMILES string of the molecule is COCCN1CCn2c(c(-c3cn[nH]c3)c3ccc(Cl)c(Cl)c32)C1=O.Cl.Cl. The van der Waals surface area contributed by atoms with Gasteiger partial charge in [0.05, 0.1) is 28.4 Å². The first-order valence-corrected chi connectivity index (χ1v) is 8.66. The summed E-state index contributed by atoms with van der Waals surface area (Å²) in [5.41, 5.74) is 3.08. The number of methoxy groups -OCH3 is 1. The lowest BCUT2D eigenvalue weighted by Crippen LogP contribution is -2.42. The smallest absolute Gasteiger partial charge is 0.271 e. The van der Waals surface area contributed by atoms with E-state index in [1.165, 1.54) is 0 Å². The minimum Gasteiger partial charge on any atom is -0.383 e. The Morgan fingerprint density at radius 3 is 2.70 bits per heavy atom. The summed E-state index contributed by atoms with van der Waals surface area (Å²) in [6.07, 6.45) is 3.49.